The van der Waals surface area contributed by atoms with E-state index < -0.39 is 5.97 Å². The molecule has 2 heterocycles. The monoisotopic (exact) mass is 218 g/mol. The second kappa shape index (κ2) is 4.14. The van der Waals surface area contributed by atoms with Gasteiger partial charge in [0.1, 0.15) is 5.76 Å². The average molecular weight is 218 g/mol. The summed E-state index contributed by atoms with van der Waals surface area (Å²) in [5, 5.41) is 8.59. The summed E-state index contributed by atoms with van der Waals surface area (Å²) in [5.41, 5.74) is 1.40. The van der Waals surface area contributed by atoms with Crippen LogP contribution < -0.4 is 0 Å². The first-order valence-electron chi connectivity index (χ1n) is 4.74. The van der Waals surface area contributed by atoms with Crippen molar-refractivity contribution in [3.63, 3.8) is 0 Å². The molecule has 0 aliphatic carbocycles. The number of furan rings is 1. The maximum Gasteiger partial charge on any atom is 0.307 e. The third kappa shape index (κ3) is 2.08. The molecule has 0 atom stereocenters. The van der Waals surface area contributed by atoms with Gasteiger partial charge in [-0.2, -0.15) is 0 Å². The molecule has 0 aliphatic heterocycles. The van der Waals surface area contributed by atoms with Crippen LogP contribution in [0.4, 0.5) is 0 Å². The maximum absolute atomic E-state index is 10.5. The van der Waals surface area contributed by atoms with Crippen LogP contribution in [0.3, 0.4) is 0 Å². The molecule has 1 N–H and O–H groups in total. The summed E-state index contributed by atoms with van der Waals surface area (Å²) in [6, 6.07) is 1.78. The van der Waals surface area contributed by atoms with Crippen molar-refractivity contribution in [2.24, 2.45) is 0 Å². The molecule has 2 aromatic rings. The largest absolute Gasteiger partial charge is 0.481 e. The quantitative estimate of drug-likeness (QED) is 0.847. The molecular formula is C11H10N2O3. The van der Waals surface area contributed by atoms with Gasteiger partial charge in [0.15, 0.2) is 5.82 Å². The lowest BCUT2D eigenvalue weighted by molar-refractivity contribution is -0.136. The van der Waals surface area contributed by atoms with Gasteiger partial charge < -0.3 is 9.52 Å². The van der Waals surface area contributed by atoms with E-state index in [9.17, 15) is 4.79 Å². The average Bonchev–Trinajstić information content (AvgIpc) is 2.65. The molecule has 0 amide bonds. The van der Waals surface area contributed by atoms with E-state index in [2.05, 4.69) is 9.97 Å². The smallest absolute Gasteiger partial charge is 0.307 e. The lowest BCUT2D eigenvalue weighted by Gasteiger charge is -1.99. The fraction of sp³-hybridized carbons (Fsp3) is 0.182. The summed E-state index contributed by atoms with van der Waals surface area (Å²) < 4.78 is 5.14. The normalized spacial score (nSPS) is 10.3. The number of aryl methyl sites for hydroxylation is 1. The highest BCUT2D eigenvalue weighted by molar-refractivity contribution is 5.70. The summed E-state index contributed by atoms with van der Waals surface area (Å²) in [6.45, 7) is 1.82. The predicted octanol–water partition coefficient (Wildman–Crippen LogP) is 1.67. The molecule has 0 aliphatic rings. The molecule has 2 rings (SSSR count). The van der Waals surface area contributed by atoms with Crippen LogP contribution in [0.1, 0.15) is 11.3 Å². The number of carboxylic acids is 1. The highest BCUT2D eigenvalue weighted by atomic mass is 16.4. The first-order valence-corrected chi connectivity index (χ1v) is 4.74. The predicted molar refractivity (Wildman–Crippen MR) is 55.8 cm³/mol. The fourth-order valence-corrected chi connectivity index (χ4v) is 1.38. The van der Waals surface area contributed by atoms with Crippen molar-refractivity contribution in [2.45, 2.75) is 13.3 Å². The number of nitrogens with zero attached hydrogens (tertiary/aromatic N) is 2. The zero-order valence-corrected chi connectivity index (χ0v) is 8.67. The van der Waals surface area contributed by atoms with Gasteiger partial charge in [0, 0.05) is 12.4 Å². The van der Waals surface area contributed by atoms with Crippen LogP contribution in [0.2, 0.25) is 0 Å². The first-order chi connectivity index (χ1) is 7.66. The second-order valence-electron chi connectivity index (χ2n) is 3.38. The van der Waals surface area contributed by atoms with Gasteiger partial charge in [0.25, 0.3) is 0 Å². The van der Waals surface area contributed by atoms with Crippen LogP contribution >= 0.6 is 0 Å². The van der Waals surface area contributed by atoms with Crippen molar-refractivity contribution >= 4 is 5.97 Å². The number of carbonyl (C=O) groups is 1. The molecule has 16 heavy (non-hydrogen) atoms. The lowest BCUT2D eigenvalue weighted by atomic mass is 10.2. The Balaban J connectivity index is 2.26. The molecule has 0 unspecified atom stereocenters. The van der Waals surface area contributed by atoms with Crippen LogP contribution in [0.5, 0.6) is 0 Å². The summed E-state index contributed by atoms with van der Waals surface area (Å²) in [5.74, 6) is 0.391. The maximum atomic E-state index is 10.5. The molecule has 0 fully saturated rings. The Bertz CT molecular complexity index is 502. The Morgan fingerprint density at radius 1 is 1.44 bits per heavy atom. The van der Waals surface area contributed by atoms with Crippen molar-refractivity contribution in [3.05, 3.63) is 36.0 Å². The Kier molecular flexibility index (Phi) is 2.68. The molecule has 0 spiro atoms. The van der Waals surface area contributed by atoms with E-state index in [1.807, 2.05) is 6.92 Å². The zero-order chi connectivity index (χ0) is 11.5. The van der Waals surface area contributed by atoms with Crippen molar-refractivity contribution in [3.8, 4) is 11.4 Å². The highest BCUT2D eigenvalue weighted by Crippen LogP contribution is 2.19. The Hall–Kier alpha value is -2.17. The van der Waals surface area contributed by atoms with E-state index in [1.165, 1.54) is 12.4 Å². The van der Waals surface area contributed by atoms with E-state index in [0.717, 1.165) is 11.3 Å². The number of aliphatic carboxylic acids is 1. The Morgan fingerprint density at radius 3 is 2.62 bits per heavy atom. The highest BCUT2D eigenvalue weighted by Gasteiger charge is 2.08. The third-order valence-corrected chi connectivity index (χ3v) is 2.16. The molecule has 82 valence electrons. The summed E-state index contributed by atoms with van der Waals surface area (Å²) >= 11 is 0. The minimum atomic E-state index is -0.893. The Morgan fingerprint density at radius 2 is 2.12 bits per heavy atom. The van der Waals surface area contributed by atoms with Gasteiger partial charge in [-0.3, -0.25) is 4.79 Å². The van der Waals surface area contributed by atoms with E-state index in [0.29, 0.717) is 11.4 Å². The number of hydrogen-bond acceptors (Lipinski definition) is 4. The number of rotatable bonds is 3. The van der Waals surface area contributed by atoms with Crippen LogP contribution in [-0.4, -0.2) is 21.0 Å². The van der Waals surface area contributed by atoms with Crippen LogP contribution in [0.25, 0.3) is 11.4 Å². The van der Waals surface area contributed by atoms with Gasteiger partial charge in [-0.15, -0.1) is 0 Å². The van der Waals surface area contributed by atoms with Gasteiger partial charge in [-0.05, 0) is 18.6 Å². The molecule has 2 aromatic heterocycles. The van der Waals surface area contributed by atoms with Crippen molar-refractivity contribution in [1.29, 1.82) is 0 Å². The van der Waals surface area contributed by atoms with Crippen LogP contribution in [-0.2, 0) is 11.2 Å². The van der Waals surface area contributed by atoms with Crippen molar-refractivity contribution in [1.82, 2.24) is 9.97 Å². The van der Waals surface area contributed by atoms with Gasteiger partial charge in [0.2, 0.25) is 0 Å². The number of hydrogen-bond donors (Lipinski definition) is 1. The molecule has 0 aromatic carbocycles. The first kappa shape index (κ1) is 10.4. The van der Waals surface area contributed by atoms with Gasteiger partial charge in [-0.25, -0.2) is 9.97 Å². The summed E-state index contributed by atoms with van der Waals surface area (Å²) in [7, 11) is 0. The van der Waals surface area contributed by atoms with Crippen LogP contribution in [0.15, 0.2) is 29.1 Å². The van der Waals surface area contributed by atoms with Gasteiger partial charge in [0.05, 0.1) is 18.2 Å². The minimum Gasteiger partial charge on any atom is -0.481 e. The SMILES string of the molecule is Cc1occc1-c1ncc(CC(=O)O)cn1. The van der Waals surface area contributed by atoms with Gasteiger partial charge >= 0.3 is 5.97 Å². The molecule has 0 bridgehead atoms. The standard InChI is InChI=1S/C11H10N2O3/c1-7-9(2-3-16-7)11-12-5-8(6-13-11)4-10(14)15/h2-3,5-6H,4H2,1H3,(H,14,15). The molecule has 5 nitrogen and oxygen atoms in total. The summed E-state index contributed by atoms with van der Waals surface area (Å²) in [6.07, 6.45) is 4.54. The fourth-order valence-electron chi connectivity index (χ4n) is 1.38. The Labute approximate surface area is 91.8 Å². The molecule has 0 saturated heterocycles. The van der Waals surface area contributed by atoms with E-state index >= 15 is 0 Å². The lowest BCUT2D eigenvalue weighted by Crippen LogP contribution is -2.01. The molecular weight excluding hydrogens is 208 g/mol. The molecule has 0 saturated carbocycles. The van der Waals surface area contributed by atoms with Crippen LogP contribution in [0, 0.1) is 6.92 Å². The van der Waals surface area contributed by atoms with Gasteiger partial charge in [-0.1, -0.05) is 0 Å². The second-order valence-corrected chi connectivity index (χ2v) is 3.38. The summed E-state index contributed by atoms with van der Waals surface area (Å²) in [4.78, 5) is 18.7. The number of aromatic nitrogens is 2. The van der Waals surface area contributed by atoms with Crippen molar-refractivity contribution in [2.75, 3.05) is 0 Å². The topological polar surface area (TPSA) is 76.2 Å². The zero-order valence-electron chi connectivity index (χ0n) is 8.67. The van der Waals surface area contributed by atoms with Crippen molar-refractivity contribution < 1.29 is 14.3 Å². The van der Waals surface area contributed by atoms with E-state index in [4.69, 9.17) is 9.52 Å². The minimum absolute atomic E-state index is 0.0648. The van der Waals surface area contributed by atoms with E-state index in [1.54, 1.807) is 12.3 Å². The number of carboxylic acid groups (broad SMARTS) is 1. The molecule has 5 heteroatoms. The third-order valence-electron chi connectivity index (χ3n) is 2.16. The molecule has 0 radical (unpaired) electrons. The van der Waals surface area contributed by atoms with E-state index in [-0.39, 0.29) is 6.42 Å².